The zero-order valence-corrected chi connectivity index (χ0v) is 20.5. The number of anilines is 3. The predicted molar refractivity (Wildman–Crippen MR) is 141 cm³/mol. The SMILES string of the molecule is C=Nc1ccc(NS(=O)(=O)c2ccc(N=Nc3ccc4cc(S(=O)(=O)O)c(N)c(N)c4c3O)cc2)cc1. The number of benzene rings is 4. The Kier molecular flexibility index (Phi) is 6.56. The van der Waals surface area contributed by atoms with E-state index in [1.54, 1.807) is 24.3 Å². The molecule has 0 heterocycles. The molecule has 37 heavy (non-hydrogen) atoms. The number of rotatable bonds is 7. The lowest BCUT2D eigenvalue weighted by Gasteiger charge is -2.12. The number of hydrogen-bond donors (Lipinski definition) is 5. The van der Waals surface area contributed by atoms with E-state index in [0.29, 0.717) is 11.4 Å². The smallest absolute Gasteiger partial charge is 0.296 e. The monoisotopic (exact) mass is 540 g/mol. The number of nitrogens with two attached hydrogens (primary N) is 2. The molecular weight excluding hydrogens is 520 g/mol. The molecule has 14 heteroatoms. The van der Waals surface area contributed by atoms with Gasteiger partial charge in [0.05, 0.1) is 33.0 Å². The van der Waals surface area contributed by atoms with Gasteiger partial charge in [0.25, 0.3) is 20.1 Å². The summed E-state index contributed by atoms with van der Waals surface area (Å²) in [7, 11) is -8.50. The van der Waals surface area contributed by atoms with Crippen LogP contribution in [0.25, 0.3) is 10.8 Å². The van der Waals surface area contributed by atoms with Crippen molar-refractivity contribution in [3.8, 4) is 5.75 Å². The van der Waals surface area contributed by atoms with Gasteiger partial charge in [-0.05, 0) is 72.8 Å². The quantitative estimate of drug-likeness (QED) is 0.0972. The Labute approximate surface area is 211 Å². The van der Waals surface area contributed by atoms with Crippen LogP contribution in [0, 0.1) is 0 Å². The van der Waals surface area contributed by atoms with E-state index < -0.39 is 36.5 Å². The van der Waals surface area contributed by atoms with Crippen molar-refractivity contribution in [1.29, 1.82) is 0 Å². The van der Waals surface area contributed by atoms with Gasteiger partial charge in [0.15, 0.2) is 5.75 Å². The van der Waals surface area contributed by atoms with Crippen LogP contribution in [0.5, 0.6) is 5.75 Å². The van der Waals surface area contributed by atoms with Crippen molar-refractivity contribution in [3.63, 3.8) is 0 Å². The van der Waals surface area contributed by atoms with E-state index in [9.17, 15) is 26.5 Å². The second-order valence-corrected chi connectivity index (χ2v) is 10.8. The second kappa shape index (κ2) is 9.50. The Morgan fingerprint density at radius 2 is 1.43 bits per heavy atom. The highest BCUT2D eigenvalue weighted by atomic mass is 32.2. The summed E-state index contributed by atoms with van der Waals surface area (Å²) in [5.74, 6) is -0.409. The van der Waals surface area contributed by atoms with E-state index >= 15 is 0 Å². The Morgan fingerprint density at radius 1 is 0.811 bits per heavy atom. The third-order valence-electron chi connectivity index (χ3n) is 5.30. The molecule has 4 aromatic rings. The minimum atomic E-state index is -4.63. The van der Waals surface area contributed by atoms with Gasteiger partial charge in [0, 0.05) is 5.69 Å². The molecule has 0 bridgehead atoms. The summed E-state index contributed by atoms with van der Waals surface area (Å²) in [6.45, 7) is 3.40. The van der Waals surface area contributed by atoms with E-state index in [-0.39, 0.29) is 32.7 Å². The fourth-order valence-electron chi connectivity index (χ4n) is 3.43. The number of aliphatic imine (C=N–C) groups is 1. The minimum absolute atomic E-state index is 0.00553. The maximum Gasteiger partial charge on any atom is 0.296 e. The average Bonchev–Trinajstić information content (AvgIpc) is 2.85. The van der Waals surface area contributed by atoms with Crippen LogP contribution in [-0.2, 0) is 20.1 Å². The molecule has 7 N–H and O–H groups in total. The number of nitrogens with one attached hydrogen (secondary N) is 1. The van der Waals surface area contributed by atoms with Crippen molar-refractivity contribution >= 4 is 71.8 Å². The number of fused-ring (bicyclic) bond motifs is 1. The number of aromatic hydroxyl groups is 1. The lowest BCUT2D eigenvalue weighted by atomic mass is 10.1. The summed E-state index contributed by atoms with van der Waals surface area (Å²) in [4.78, 5) is 3.16. The number of azo groups is 1. The molecule has 0 aliphatic rings. The first-order valence-corrected chi connectivity index (χ1v) is 13.3. The van der Waals surface area contributed by atoms with Crippen LogP contribution < -0.4 is 16.2 Å². The summed E-state index contributed by atoms with van der Waals surface area (Å²) in [5.41, 5.74) is 12.2. The van der Waals surface area contributed by atoms with Gasteiger partial charge in [0.1, 0.15) is 10.6 Å². The zero-order valence-electron chi connectivity index (χ0n) is 18.9. The number of nitrogen functional groups attached to an aromatic ring is 2. The van der Waals surface area contributed by atoms with Crippen molar-refractivity contribution in [3.05, 3.63) is 66.7 Å². The molecule has 0 saturated carbocycles. The number of hydrogen-bond acceptors (Lipinski definition) is 10. The van der Waals surface area contributed by atoms with Crippen LogP contribution in [0.2, 0.25) is 0 Å². The lowest BCUT2D eigenvalue weighted by molar-refractivity contribution is 0.481. The summed E-state index contributed by atoms with van der Waals surface area (Å²) in [6.07, 6.45) is 0. The van der Waals surface area contributed by atoms with Crippen LogP contribution in [0.1, 0.15) is 0 Å². The molecule has 0 aliphatic heterocycles. The zero-order chi connectivity index (χ0) is 27.0. The predicted octanol–water partition coefficient (Wildman–Crippen LogP) is 4.50. The van der Waals surface area contributed by atoms with Gasteiger partial charge in [-0.3, -0.25) is 14.3 Å². The number of sulfonamides is 1. The number of phenols is 1. The molecule has 0 aliphatic carbocycles. The first-order chi connectivity index (χ1) is 17.4. The number of nitrogens with zero attached hydrogens (tertiary/aromatic N) is 3. The van der Waals surface area contributed by atoms with E-state index in [4.69, 9.17) is 11.5 Å². The van der Waals surface area contributed by atoms with Crippen LogP contribution in [-0.4, -0.2) is 33.2 Å². The molecule has 0 radical (unpaired) electrons. The van der Waals surface area contributed by atoms with Gasteiger partial charge < -0.3 is 16.6 Å². The Bertz CT molecular complexity index is 1770. The summed E-state index contributed by atoms with van der Waals surface area (Å²) in [6, 6.07) is 15.7. The van der Waals surface area contributed by atoms with Crippen LogP contribution in [0.4, 0.5) is 34.1 Å². The van der Waals surface area contributed by atoms with E-state index in [1.165, 1.54) is 36.4 Å². The van der Waals surface area contributed by atoms with Gasteiger partial charge in [-0.25, -0.2) is 8.42 Å². The molecule has 0 unspecified atom stereocenters. The molecule has 0 saturated heterocycles. The molecule has 190 valence electrons. The van der Waals surface area contributed by atoms with Gasteiger partial charge in [-0.2, -0.15) is 13.5 Å². The van der Waals surface area contributed by atoms with E-state index in [1.807, 2.05) is 0 Å². The van der Waals surface area contributed by atoms with Crippen molar-refractivity contribution in [2.24, 2.45) is 15.2 Å². The Balaban J connectivity index is 1.59. The highest BCUT2D eigenvalue weighted by Gasteiger charge is 2.21. The standard InChI is InChI=1S/C23H20N6O6S2/c1-26-14-3-5-16(6-4-14)29-36(31,32)17-9-7-15(8-10-17)27-28-18-11-2-13-12-19(37(33,34)35)21(24)22(25)20(13)23(18)30/h2-12,29-30H,1,24-25H2,(H,33,34,35). The van der Waals surface area contributed by atoms with Crippen molar-refractivity contribution in [2.45, 2.75) is 9.79 Å². The first kappa shape index (κ1) is 25.6. The molecule has 0 amide bonds. The Hall–Kier alpha value is -4.53. The van der Waals surface area contributed by atoms with Crippen molar-refractivity contribution in [2.75, 3.05) is 16.2 Å². The molecule has 12 nitrogen and oxygen atoms in total. The normalized spacial score (nSPS) is 12.1. The highest BCUT2D eigenvalue weighted by Crippen LogP contribution is 2.43. The molecular formula is C23H20N6O6S2. The molecule has 0 atom stereocenters. The fraction of sp³-hybridized carbons (Fsp3) is 0. The molecule has 0 aromatic heterocycles. The number of phenolic OH excluding ortho intramolecular Hbond substituents is 1. The van der Waals surface area contributed by atoms with Gasteiger partial charge in [-0.15, -0.1) is 5.11 Å². The van der Waals surface area contributed by atoms with E-state index in [2.05, 4.69) is 26.7 Å². The minimum Gasteiger partial charge on any atom is -0.505 e. The maximum atomic E-state index is 12.7. The summed E-state index contributed by atoms with van der Waals surface area (Å²) >= 11 is 0. The topological polar surface area (TPSA) is 210 Å². The van der Waals surface area contributed by atoms with Gasteiger partial charge in [-0.1, -0.05) is 6.07 Å². The average molecular weight is 541 g/mol. The summed E-state index contributed by atoms with van der Waals surface area (Å²) in [5, 5.41) is 18.9. The Morgan fingerprint density at radius 3 is 2.03 bits per heavy atom. The largest absolute Gasteiger partial charge is 0.505 e. The van der Waals surface area contributed by atoms with Crippen molar-refractivity contribution < 1.29 is 26.5 Å². The molecule has 0 fully saturated rings. The molecule has 4 rings (SSSR count). The van der Waals surface area contributed by atoms with Gasteiger partial charge >= 0.3 is 0 Å². The van der Waals surface area contributed by atoms with E-state index in [0.717, 1.165) is 6.07 Å². The first-order valence-electron chi connectivity index (χ1n) is 10.3. The summed E-state index contributed by atoms with van der Waals surface area (Å²) < 4.78 is 60.2. The lowest BCUT2D eigenvalue weighted by Crippen LogP contribution is -2.12. The van der Waals surface area contributed by atoms with Gasteiger partial charge in [0.2, 0.25) is 0 Å². The van der Waals surface area contributed by atoms with Crippen LogP contribution in [0.15, 0.2) is 91.7 Å². The third kappa shape index (κ3) is 5.20. The fourth-order valence-corrected chi connectivity index (χ4v) is 5.15. The van der Waals surface area contributed by atoms with Crippen LogP contribution in [0.3, 0.4) is 0 Å². The second-order valence-electron chi connectivity index (χ2n) is 7.71. The van der Waals surface area contributed by atoms with Crippen LogP contribution >= 0.6 is 0 Å². The third-order valence-corrected chi connectivity index (χ3v) is 7.59. The maximum absolute atomic E-state index is 12.7. The molecule has 0 spiro atoms. The van der Waals surface area contributed by atoms with Crippen molar-refractivity contribution in [1.82, 2.24) is 0 Å². The molecule has 4 aromatic carbocycles. The highest BCUT2D eigenvalue weighted by molar-refractivity contribution is 7.92.